The molecule has 96 valence electrons. The van der Waals surface area contributed by atoms with Crippen LogP contribution in [0.3, 0.4) is 0 Å². The highest BCUT2D eigenvalue weighted by molar-refractivity contribution is 6.35. The monoisotopic (exact) mass is 287 g/mol. The first-order chi connectivity index (χ1) is 7.83. The predicted octanol–water partition coefficient (Wildman–Crippen LogP) is 3.78. The van der Waals surface area contributed by atoms with Gasteiger partial charge in [0.2, 0.25) is 0 Å². The molecular formula is C10H10Cl2F3NO. The van der Waals surface area contributed by atoms with Gasteiger partial charge < -0.3 is 10.5 Å². The van der Waals surface area contributed by atoms with Crippen LogP contribution in [0.15, 0.2) is 12.1 Å². The largest absolute Gasteiger partial charge is 0.491 e. The average Bonchev–Trinajstić information content (AvgIpc) is 2.18. The van der Waals surface area contributed by atoms with Gasteiger partial charge in [-0.3, -0.25) is 0 Å². The Balaban J connectivity index is 2.76. The number of rotatable bonds is 4. The van der Waals surface area contributed by atoms with Gasteiger partial charge in [-0.05, 0) is 12.1 Å². The van der Waals surface area contributed by atoms with Gasteiger partial charge in [-0.1, -0.05) is 23.2 Å². The van der Waals surface area contributed by atoms with E-state index in [4.69, 9.17) is 33.7 Å². The third kappa shape index (κ3) is 4.61. The molecule has 0 saturated heterocycles. The molecule has 1 aromatic carbocycles. The van der Waals surface area contributed by atoms with Crippen molar-refractivity contribution >= 4 is 23.2 Å². The minimum absolute atomic E-state index is 0.0850. The number of hydrogen-bond acceptors (Lipinski definition) is 2. The summed E-state index contributed by atoms with van der Waals surface area (Å²) in [6.45, 7) is -0.417. The van der Waals surface area contributed by atoms with Gasteiger partial charge in [0.1, 0.15) is 5.75 Å². The predicted molar refractivity (Wildman–Crippen MR) is 60.5 cm³/mol. The number of benzene rings is 1. The van der Waals surface area contributed by atoms with Gasteiger partial charge in [0, 0.05) is 17.1 Å². The molecule has 0 fully saturated rings. The Bertz CT molecular complexity index is 396. The summed E-state index contributed by atoms with van der Waals surface area (Å²) in [5, 5.41) is 0.513. The van der Waals surface area contributed by atoms with Crippen molar-refractivity contribution in [3.63, 3.8) is 0 Å². The van der Waals surface area contributed by atoms with E-state index >= 15 is 0 Å². The summed E-state index contributed by atoms with van der Waals surface area (Å²) in [6, 6.07) is 2.90. The molecule has 0 aliphatic heterocycles. The van der Waals surface area contributed by atoms with Gasteiger partial charge in [-0.25, -0.2) is 0 Å². The maximum absolute atomic E-state index is 11.9. The number of nitrogens with two attached hydrogens (primary N) is 1. The summed E-state index contributed by atoms with van der Waals surface area (Å²) >= 11 is 11.5. The summed E-state index contributed by atoms with van der Waals surface area (Å²) in [5.41, 5.74) is 5.90. The standard InChI is InChI=1S/C10H10Cl2F3NO/c11-7-3-6(5-16)9(8(12)4-7)17-2-1-10(13,14)15/h3-4H,1-2,5,16H2. The first kappa shape index (κ1) is 14.4. The fraction of sp³-hybridized carbons (Fsp3) is 0.400. The van der Waals surface area contributed by atoms with Crippen LogP contribution in [0.1, 0.15) is 12.0 Å². The van der Waals surface area contributed by atoms with Crippen molar-refractivity contribution in [3.8, 4) is 5.75 Å². The van der Waals surface area contributed by atoms with Gasteiger partial charge in [0.25, 0.3) is 0 Å². The van der Waals surface area contributed by atoms with Crippen LogP contribution in [0.4, 0.5) is 13.2 Å². The molecule has 0 amide bonds. The highest BCUT2D eigenvalue weighted by Gasteiger charge is 2.27. The first-order valence-electron chi connectivity index (χ1n) is 4.71. The smallest absolute Gasteiger partial charge is 0.392 e. The lowest BCUT2D eigenvalue weighted by Crippen LogP contribution is -2.14. The zero-order valence-electron chi connectivity index (χ0n) is 8.65. The SMILES string of the molecule is NCc1cc(Cl)cc(Cl)c1OCCC(F)(F)F. The molecule has 1 aromatic rings. The second-order valence-electron chi connectivity index (χ2n) is 3.29. The Kier molecular flexibility index (Phi) is 4.91. The fourth-order valence-corrected chi connectivity index (χ4v) is 1.79. The van der Waals surface area contributed by atoms with Gasteiger partial charge in [-0.15, -0.1) is 0 Å². The zero-order valence-corrected chi connectivity index (χ0v) is 10.2. The minimum Gasteiger partial charge on any atom is -0.491 e. The van der Waals surface area contributed by atoms with E-state index in [-0.39, 0.29) is 17.3 Å². The third-order valence-electron chi connectivity index (χ3n) is 1.94. The number of halogens is 5. The van der Waals surface area contributed by atoms with Crippen molar-refractivity contribution in [2.24, 2.45) is 5.73 Å². The van der Waals surface area contributed by atoms with E-state index in [0.29, 0.717) is 10.6 Å². The molecular weight excluding hydrogens is 278 g/mol. The minimum atomic E-state index is -4.26. The van der Waals surface area contributed by atoms with E-state index in [1.807, 2.05) is 0 Å². The first-order valence-corrected chi connectivity index (χ1v) is 5.46. The summed E-state index contributed by atoms with van der Waals surface area (Å²) in [5.74, 6) is 0.155. The molecule has 0 unspecified atom stereocenters. The molecule has 0 aliphatic carbocycles. The van der Waals surface area contributed by atoms with Gasteiger partial charge >= 0.3 is 6.18 Å². The highest BCUT2D eigenvalue weighted by atomic mass is 35.5. The Morgan fingerprint density at radius 3 is 2.41 bits per heavy atom. The van der Waals surface area contributed by atoms with Gasteiger partial charge in [0.05, 0.1) is 18.1 Å². The Hall–Kier alpha value is -0.650. The summed E-state index contributed by atoms with van der Waals surface area (Å²) in [4.78, 5) is 0. The molecule has 7 heteroatoms. The lowest BCUT2D eigenvalue weighted by Gasteiger charge is -2.13. The van der Waals surface area contributed by atoms with E-state index in [0.717, 1.165) is 0 Å². The Morgan fingerprint density at radius 2 is 1.88 bits per heavy atom. The Labute approximate surface area is 106 Å². The zero-order chi connectivity index (χ0) is 13.1. The molecule has 0 saturated carbocycles. The van der Waals surface area contributed by atoms with Crippen molar-refractivity contribution in [1.29, 1.82) is 0 Å². The van der Waals surface area contributed by atoms with Crippen molar-refractivity contribution in [2.45, 2.75) is 19.1 Å². The molecule has 0 heterocycles. The molecule has 2 N–H and O–H groups in total. The maximum Gasteiger partial charge on any atom is 0.392 e. The quantitative estimate of drug-likeness (QED) is 0.915. The number of ether oxygens (including phenoxy) is 1. The van der Waals surface area contributed by atoms with Crippen LogP contribution in [-0.2, 0) is 6.54 Å². The van der Waals surface area contributed by atoms with Crippen molar-refractivity contribution in [3.05, 3.63) is 27.7 Å². The maximum atomic E-state index is 11.9. The fourth-order valence-electron chi connectivity index (χ4n) is 1.20. The highest BCUT2D eigenvalue weighted by Crippen LogP contribution is 2.32. The number of alkyl halides is 3. The molecule has 0 radical (unpaired) electrons. The number of hydrogen-bond donors (Lipinski definition) is 1. The molecule has 0 aromatic heterocycles. The summed E-state index contributed by atoms with van der Waals surface area (Å²) < 4.78 is 40.8. The van der Waals surface area contributed by atoms with E-state index in [1.165, 1.54) is 12.1 Å². The van der Waals surface area contributed by atoms with E-state index in [1.54, 1.807) is 0 Å². The summed E-state index contributed by atoms with van der Waals surface area (Å²) in [7, 11) is 0. The van der Waals surface area contributed by atoms with Crippen LogP contribution in [-0.4, -0.2) is 12.8 Å². The summed E-state index contributed by atoms with van der Waals surface area (Å²) in [6.07, 6.45) is -5.31. The van der Waals surface area contributed by atoms with Crippen molar-refractivity contribution in [2.75, 3.05) is 6.61 Å². The van der Waals surface area contributed by atoms with Crippen LogP contribution in [0, 0.1) is 0 Å². The van der Waals surface area contributed by atoms with Crippen LogP contribution in [0.5, 0.6) is 5.75 Å². The molecule has 0 atom stereocenters. The second kappa shape index (κ2) is 5.80. The second-order valence-corrected chi connectivity index (χ2v) is 4.14. The van der Waals surface area contributed by atoms with E-state index in [2.05, 4.69) is 0 Å². The molecule has 1 rings (SSSR count). The third-order valence-corrected chi connectivity index (χ3v) is 2.44. The average molecular weight is 288 g/mol. The van der Waals surface area contributed by atoms with Crippen LogP contribution in [0.2, 0.25) is 10.0 Å². The van der Waals surface area contributed by atoms with Crippen molar-refractivity contribution in [1.82, 2.24) is 0 Å². The molecule has 0 spiro atoms. The van der Waals surface area contributed by atoms with E-state index < -0.39 is 19.2 Å². The lowest BCUT2D eigenvalue weighted by atomic mass is 10.2. The van der Waals surface area contributed by atoms with E-state index in [9.17, 15) is 13.2 Å². The molecule has 0 bridgehead atoms. The van der Waals surface area contributed by atoms with Crippen LogP contribution < -0.4 is 10.5 Å². The topological polar surface area (TPSA) is 35.2 Å². The lowest BCUT2D eigenvalue weighted by molar-refractivity contribution is -0.139. The Morgan fingerprint density at radius 1 is 1.24 bits per heavy atom. The molecule has 17 heavy (non-hydrogen) atoms. The van der Waals surface area contributed by atoms with Crippen molar-refractivity contribution < 1.29 is 17.9 Å². The van der Waals surface area contributed by atoms with Gasteiger partial charge in [-0.2, -0.15) is 13.2 Å². The molecule has 0 aliphatic rings. The normalized spacial score (nSPS) is 11.6. The van der Waals surface area contributed by atoms with Gasteiger partial charge in [0.15, 0.2) is 0 Å². The van der Waals surface area contributed by atoms with Crippen LogP contribution in [0.25, 0.3) is 0 Å². The van der Waals surface area contributed by atoms with Crippen LogP contribution >= 0.6 is 23.2 Å². The molecule has 2 nitrogen and oxygen atoms in total.